The molecular weight excluding hydrogens is 232 g/mol. The predicted octanol–water partition coefficient (Wildman–Crippen LogP) is 2.61. The van der Waals surface area contributed by atoms with Crippen LogP contribution in [0.2, 0.25) is 0 Å². The van der Waals surface area contributed by atoms with Crippen molar-refractivity contribution in [1.82, 2.24) is 0 Å². The van der Waals surface area contributed by atoms with Crippen molar-refractivity contribution in [2.24, 2.45) is 17.8 Å². The second kappa shape index (κ2) is 4.99. The number of ether oxygens (including phenoxy) is 1. The van der Waals surface area contributed by atoms with Crippen molar-refractivity contribution in [3.63, 3.8) is 0 Å². The summed E-state index contributed by atoms with van der Waals surface area (Å²) in [5.74, 6) is 1.02. The van der Waals surface area contributed by atoms with E-state index in [1.807, 2.05) is 0 Å². The number of rotatable bonds is 2. The van der Waals surface area contributed by atoms with Gasteiger partial charge in [-0.2, -0.15) is 0 Å². The lowest BCUT2D eigenvalue weighted by molar-refractivity contribution is -0.150. The Labute approximate surface area is 88.2 Å². The number of hydrogen-bond acceptors (Lipinski definition) is 2. The van der Waals surface area contributed by atoms with E-state index in [9.17, 15) is 4.79 Å². The van der Waals surface area contributed by atoms with E-state index in [0.29, 0.717) is 11.8 Å². The zero-order valence-electron chi connectivity index (χ0n) is 8.25. The van der Waals surface area contributed by atoms with Crippen LogP contribution in [0.25, 0.3) is 0 Å². The molecule has 0 aromatic rings. The first-order chi connectivity index (χ1) is 6.20. The standard InChI is InChI=1S/C10H17BrO2/c1-7-4-3-5-8(6-11)9(7)10(12)13-2/h7-9H,3-6H2,1-2H3. The molecule has 0 aliphatic heterocycles. The predicted molar refractivity (Wildman–Crippen MR) is 55.8 cm³/mol. The van der Waals surface area contributed by atoms with E-state index in [2.05, 4.69) is 22.9 Å². The summed E-state index contributed by atoms with van der Waals surface area (Å²) in [6, 6.07) is 0. The van der Waals surface area contributed by atoms with Gasteiger partial charge in [0.25, 0.3) is 0 Å². The molecular formula is C10H17BrO2. The van der Waals surface area contributed by atoms with Crippen molar-refractivity contribution in [2.45, 2.75) is 26.2 Å². The monoisotopic (exact) mass is 248 g/mol. The van der Waals surface area contributed by atoms with Gasteiger partial charge in [0.1, 0.15) is 0 Å². The van der Waals surface area contributed by atoms with Crippen molar-refractivity contribution in [3.05, 3.63) is 0 Å². The first kappa shape index (κ1) is 11.0. The molecule has 0 aromatic carbocycles. The van der Waals surface area contributed by atoms with E-state index in [4.69, 9.17) is 4.74 Å². The fourth-order valence-corrected chi connectivity index (χ4v) is 2.99. The molecule has 0 N–H and O–H groups in total. The second-order valence-electron chi connectivity index (χ2n) is 3.87. The van der Waals surface area contributed by atoms with Crippen LogP contribution in [0.4, 0.5) is 0 Å². The molecule has 1 fully saturated rings. The lowest BCUT2D eigenvalue weighted by Gasteiger charge is -2.33. The van der Waals surface area contributed by atoms with Crippen LogP contribution < -0.4 is 0 Å². The molecule has 0 aromatic heterocycles. The second-order valence-corrected chi connectivity index (χ2v) is 4.52. The Morgan fingerprint density at radius 1 is 1.54 bits per heavy atom. The highest BCUT2D eigenvalue weighted by atomic mass is 79.9. The molecule has 0 spiro atoms. The van der Waals surface area contributed by atoms with Gasteiger partial charge in [-0.15, -0.1) is 0 Å². The van der Waals surface area contributed by atoms with E-state index in [-0.39, 0.29) is 11.9 Å². The lowest BCUT2D eigenvalue weighted by atomic mass is 9.74. The maximum absolute atomic E-state index is 11.5. The Balaban J connectivity index is 2.67. The molecule has 2 nitrogen and oxygen atoms in total. The largest absolute Gasteiger partial charge is 0.469 e. The van der Waals surface area contributed by atoms with Crippen LogP contribution >= 0.6 is 15.9 Å². The van der Waals surface area contributed by atoms with Gasteiger partial charge >= 0.3 is 5.97 Å². The summed E-state index contributed by atoms with van der Waals surface area (Å²) in [6.45, 7) is 2.15. The van der Waals surface area contributed by atoms with Crippen LogP contribution in [0, 0.1) is 17.8 Å². The lowest BCUT2D eigenvalue weighted by Crippen LogP contribution is -2.34. The minimum atomic E-state index is -0.0309. The molecule has 1 aliphatic carbocycles. The van der Waals surface area contributed by atoms with E-state index >= 15 is 0 Å². The molecule has 0 radical (unpaired) electrons. The van der Waals surface area contributed by atoms with Crippen molar-refractivity contribution in [1.29, 1.82) is 0 Å². The summed E-state index contributed by atoms with van der Waals surface area (Å²) in [4.78, 5) is 11.5. The summed E-state index contributed by atoms with van der Waals surface area (Å²) < 4.78 is 4.83. The number of carbonyl (C=O) groups is 1. The smallest absolute Gasteiger partial charge is 0.309 e. The fraction of sp³-hybridized carbons (Fsp3) is 0.900. The molecule has 3 heteroatoms. The third-order valence-corrected chi connectivity index (χ3v) is 3.86. The number of esters is 1. The fourth-order valence-electron chi connectivity index (χ4n) is 2.26. The van der Waals surface area contributed by atoms with Gasteiger partial charge in [-0.25, -0.2) is 0 Å². The molecule has 0 heterocycles. The van der Waals surface area contributed by atoms with Crippen molar-refractivity contribution < 1.29 is 9.53 Å². The molecule has 1 rings (SSSR count). The van der Waals surface area contributed by atoms with E-state index < -0.39 is 0 Å². The van der Waals surface area contributed by atoms with Crippen LogP contribution in [0.1, 0.15) is 26.2 Å². The Kier molecular flexibility index (Phi) is 4.23. The maximum atomic E-state index is 11.5. The van der Waals surface area contributed by atoms with Gasteiger partial charge in [-0.1, -0.05) is 29.3 Å². The first-order valence-corrected chi connectivity index (χ1v) is 5.96. The van der Waals surface area contributed by atoms with Gasteiger partial charge in [0.2, 0.25) is 0 Å². The number of halogens is 1. The normalized spacial score (nSPS) is 34.2. The van der Waals surface area contributed by atoms with Gasteiger partial charge in [0.05, 0.1) is 13.0 Å². The number of methoxy groups -OCH3 is 1. The molecule has 1 saturated carbocycles. The highest BCUT2D eigenvalue weighted by Crippen LogP contribution is 2.36. The third-order valence-electron chi connectivity index (χ3n) is 3.03. The highest BCUT2D eigenvalue weighted by molar-refractivity contribution is 9.09. The molecule has 76 valence electrons. The number of carbonyl (C=O) groups excluding carboxylic acids is 1. The van der Waals surface area contributed by atoms with Gasteiger partial charge in [-0.05, 0) is 24.7 Å². The average Bonchev–Trinajstić information content (AvgIpc) is 2.16. The number of hydrogen-bond donors (Lipinski definition) is 0. The molecule has 0 bridgehead atoms. The zero-order valence-corrected chi connectivity index (χ0v) is 9.84. The molecule has 0 amide bonds. The van der Waals surface area contributed by atoms with Crippen molar-refractivity contribution >= 4 is 21.9 Å². The average molecular weight is 249 g/mol. The van der Waals surface area contributed by atoms with Crippen LogP contribution in [0.15, 0.2) is 0 Å². The molecule has 3 atom stereocenters. The van der Waals surface area contributed by atoms with Crippen LogP contribution in [0.3, 0.4) is 0 Å². The summed E-state index contributed by atoms with van der Waals surface area (Å²) in [7, 11) is 1.48. The minimum absolute atomic E-state index is 0.0309. The van der Waals surface area contributed by atoms with E-state index in [1.54, 1.807) is 0 Å². The van der Waals surface area contributed by atoms with Crippen LogP contribution in [0.5, 0.6) is 0 Å². The topological polar surface area (TPSA) is 26.3 Å². The van der Waals surface area contributed by atoms with Gasteiger partial charge < -0.3 is 4.74 Å². The summed E-state index contributed by atoms with van der Waals surface area (Å²) in [6.07, 6.45) is 3.55. The molecule has 3 unspecified atom stereocenters. The zero-order chi connectivity index (χ0) is 9.84. The quantitative estimate of drug-likeness (QED) is 0.555. The Morgan fingerprint density at radius 3 is 2.77 bits per heavy atom. The third kappa shape index (κ3) is 2.46. The Hall–Kier alpha value is -0.0500. The van der Waals surface area contributed by atoms with E-state index in [1.165, 1.54) is 13.5 Å². The molecule has 13 heavy (non-hydrogen) atoms. The Bertz CT molecular complexity index is 182. The van der Waals surface area contributed by atoms with Crippen LogP contribution in [-0.2, 0) is 9.53 Å². The van der Waals surface area contributed by atoms with Crippen molar-refractivity contribution in [3.8, 4) is 0 Å². The molecule has 1 aliphatic rings. The first-order valence-electron chi connectivity index (χ1n) is 4.84. The van der Waals surface area contributed by atoms with E-state index in [0.717, 1.165) is 18.2 Å². The SMILES string of the molecule is COC(=O)C1C(C)CCCC1CBr. The summed E-state index contributed by atoms with van der Waals surface area (Å²) in [5.41, 5.74) is 0. The maximum Gasteiger partial charge on any atom is 0.309 e. The van der Waals surface area contributed by atoms with Gasteiger partial charge in [0.15, 0.2) is 0 Å². The van der Waals surface area contributed by atoms with Crippen molar-refractivity contribution in [2.75, 3.05) is 12.4 Å². The van der Waals surface area contributed by atoms with Gasteiger partial charge in [-0.3, -0.25) is 4.79 Å². The molecule has 0 saturated heterocycles. The Morgan fingerprint density at radius 2 is 2.23 bits per heavy atom. The van der Waals surface area contributed by atoms with Crippen LogP contribution in [-0.4, -0.2) is 18.4 Å². The highest BCUT2D eigenvalue weighted by Gasteiger charge is 2.35. The summed E-state index contributed by atoms with van der Waals surface area (Å²) >= 11 is 3.47. The summed E-state index contributed by atoms with van der Waals surface area (Å²) in [5, 5.41) is 0.914. The minimum Gasteiger partial charge on any atom is -0.469 e. The van der Waals surface area contributed by atoms with Gasteiger partial charge in [0, 0.05) is 5.33 Å². The number of alkyl halides is 1.